The number of hydrogen-bond donors (Lipinski definition) is 1. The standard InChI is InChI=1S/C8H14N2O2/c1-7(10-4-5-10)2-3-9-8(12)6-11/h6-7H,2-5H2,1H3,(H,9,12). The van der Waals surface area contributed by atoms with E-state index in [-0.39, 0.29) is 0 Å². The molecule has 0 saturated carbocycles. The summed E-state index contributed by atoms with van der Waals surface area (Å²) in [6.07, 6.45) is 1.22. The highest BCUT2D eigenvalue weighted by atomic mass is 16.2. The maximum Gasteiger partial charge on any atom is 0.284 e. The maximum absolute atomic E-state index is 10.5. The fourth-order valence-corrected chi connectivity index (χ4v) is 1.13. The maximum atomic E-state index is 10.5. The second-order valence-corrected chi connectivity index (χ2v) is 3.08. The van der Waals surface area contributed by atoms with E-state index >= 15 is 0 Å². The lowest BCUT2D eigenvalue weighted by Crippen LogP contribution is -2.29. The van der Waals surface area contributed by atoms with Crippen LogP contribution < -0.4 is 5.32 Å². The number of nitrogens with one attached hydrogen (secondary N) is 1. The highest BCUT2D eigenvalue weighted by molar-refractivity contribution is 6.23. The van der Waals surface area contributed by atoms with E-state index in [0.717, 1.165) is 6.42 Å². The van der Waals surface area contributed by atoms with Gasteiger partial charge in [-0.25, -0.2) is 0 Å². The highest BCUT2D eigenvalue weighted by Crippen LogP contribution is 2.11. The fraction of sp³-hybridized carbons (Fsp3) is 0.750. The smallest absolute Gasteiger partial charge is 0.284 e. The number of nitrogens with zero attached hydrogens (tertiary/aromatic N) is 1. The molecule has 1 fully saturated rings. The summed E-state index contributed by atoms with van der Waals surface area (Å²) in [5.74, 6) is -0.520. The third-order valence-electron chi connectivity index (χ3n) is 2.07. The van der Waals surface area contributed by atoms with Crippen molar-refractivity contribution in [1.29, 1.82) is 0 Å². The quantitative estimate of drug-likeness (QED) is 0.340. The Balaban J connectivity index is 2.00. The molecule has 1 N–H and O–H groups in total. The van der Waals surface area contributed by atoms with Gasteiger partial charge in [0.1, 0.15) is 0 Å². The Bertz CT molecular complexity index is 178. The monoisotopic (exact) mass is 170 g/mol. The molecule has 1 unspecified atom stereocenters. The number of rotatable bonds is 5. The molecule has 1 rings (SSSR count). The highest BCUT2D eigenvalue weighted by Gasteiger charge is 2.22. The molecule has 1 saturated heterocycles. The summed E-state index contributed by atoms with van der Waals surface area (Å²) in [5, 5.41) is 2.51. The van der Waals surface area contributed by atoms with Crippen molar-refractivity contribution in [3.8, 4) is 0 Å². The first kappa shape index (κ1) is 9.19. The van der Waals surface area contributed by atoms with Crippen molar-refractivity contribution >= 4 is 12.2 Å². The van der Waals surface area contributed by atoms with Crippen LogP contribution in [0.2, 0.25) is 0 Å². The van der Waals surface area contributed by atoms with Crippen LogP contribution in [-0.2, 0) is 9.59 Å². The van der Waals surface area contributed by atoms with Crippen LogP contribution in [0.4, 0.5) is 0 Å². The molecule has 4 nitrogen and oxygen atoms in total. The summed E-state index contributed by atoms with van der Waals surface area (Å²) in [6, 6.07) is 0.525. The zero-order valence-electron chi connectivity index (χ0n) is 7.25. The molecule has 1 atom stereocenters. The second-order valence-electron chi connectivity index (χ2n) is 3.08. The molecule has 1 aliphatic heterocycles. The van der Waals surface area contributed by atoms with E-state index < -0.39 is 5.91 Å². The predicted molar refractivity (Wildman–Crippen MR) is 44.7 cm³/mol. The Morgan fingerprint density at radius 1 is 1.67 bits per heavy atom. The van der Waals surface area contributed by atoms with E-state index in [1.165, 1.54) is 13.1 Å². The Morgan fingerprint density at radius 3 is 2.83 bits per heavy atom. The molecule has 0 bridgehead atoms. The van der Waals surface area contributed by atoms with E-state index in [1.54, 1.807) is 0 Å². The molecule has 1 amide bonds. The van der Waals surface area contributed by atoms with Gasteiger partial charge in [0.05, 0.1) is 0 Å². The van der Waals surface area contributed by atoms with Crippen molar-refractivity contribution < 1.29 is 9.59 Å². The molecule has 0 aromatic rings. The Kier molecular flexibility index (Phi) is 3.22. The number of amides is 1. The van der Waals surface area contributed by atoms with Gasteiger partial charge in [-0.1, -0.05) is 0 Å². The van der Waals surface area contributed by atoms with E-state index in [4.69, 9.17) is 0 Å². The van der Waals surface area contributed by atoms with Crippen LogP contribution in [0.15, 0.2) is 0 Å². The third-order valence-corrected chi connectivity index (χ3v) is 2.07. The molecule has 1 aliphatic rings. The largest absolute Gasteiger partial charge is 0.350 e. The SMILES string of the molecule is CC(CCNC(=O)C=O)N1CC1. The summed E-state index contributed by atoms with van der Waals surface area (Å²) in [4.78, 5) is 22.7. The van der Waals surface area contributed by atoms with Crippen molar-refractivity contribution in [3.63, 3.8) is 0 Å². The van der Waals surface area contributed by atoms with Crippen LogP contribution in [0.1, 0.15) is 13.3 Å². The minimum Gasteiger partial charge on any atom is -0.350 e. The predicted octanol–water partition coefficient (Wildman–Crippen LogP) is -0.604. The molecule has 12 heavy (non-hydrogen) atoms. The first-order valence-corrected chi connectivity index (χ1v) is 4.21. The number of aldehydes is 1. The van der Waals surface area contributed by atoms with Gasteiger partial charge in [0, 0.05) is 25.7 Å². The van der Waals surface area contributed by atoms with Gasteiger partial charge in [-0.2, -0.15) is 0 Å². The summed E-state index contributed by atoms with van der Waals surface area (Å²) in [7, 11) is 0. The Morgan fingerprint density at radius 2 is 2.33 bits per heavy atom. The molecule has 4 heteroatoms. The molecule has 0 aromatic heterocycles. The van der Waals surface area contributed by atoms with E-state index in [2.05, 4.69) is 17.1 Å². The van der Waals surface area contributed by atoms with Crippen LogP contribution in [0.3, 0.4) is 0 Å². The third kappa shape index (κ3) is 3.00. The lowest BCUT2D eigenvalue weighted by atomic mass is 10.2. The first-order chi connectivity index (χ1) is 5.74. The summed E-state index contributed by atoms with van der Waals surface area (Å²) in [6.45, 7) is 5.06. The van der Waals surface area contributed by atoms with Crippen LogP contribution in [-0.4, -0.2) is 42.8 Å². The summed E-state index contributed by atoms with van der Waals surface area (Å²) in [5.41, 5.74) is 0. The Hall–Kier alpha value is -0.900. The van der Waals surface area contributed by atoms with Crippen molar-refractivity contribution in [1.82, 2.24) is 10.2 Å². The summed E-state index contributed by atoms with van der Waals surface area (Å²) >= 11 is 0. The van der Waals surface area contributed by atoms with E-state index in [1.807, 2.05) is 0 Å². The topological polar surface area (TPSA) is 49.2 Å². The molecule has 0 aliphatic carbocycles. The van der Waals surface area contributed by atoms with Gasteiger partial charge in [0.25, 0.3) is 5.91 Å². The van der Waals surface area contributed by atoms with Gasteiger partial charge in [-0.15, -0.1) is 0 Å². The molecular weight excluding hydrogens is 156 g/mol. The van der Waals surface area contributed by atoms with Gasteiger partial charge in [0.15, 0.2) is 0 Å². The number of hydrogen-bond acceptors (Lipinski definition) is 3. The van der Waals surface area contributed by atoms with Gasteiger partial charge in [0.2, 0.25) is 6.29 Å². The summed E-state index contributed by atoms with van der Waals surface area (Å²) < 4.78 is 0. The van der Waals surface area contributed by atoms with Gasteiger partial charge in [-0.05, 0) is 13.3 Å². The molecule has 0 aromatic carbocycles. The Labute approximate surface area is 71.9 Å². The average Bonchev–Trinajstić information content (AvgIpc) is 2.86. The lowest BCUT2D eigenvalue weighted by molar-refractivity contribution is -0.131. The number of carbonyl (C=O) groups excluding carboxylic acids is 2. The van der Waals surface area contributed by atoms with Crippen LogP contribution in [0.25, 0.3) is 0 Å². The second kappa shape index (κ2) is 4.21. The van der Waals surface area contributed by atoms with Crippen LogP contribution >= 0.6 is 0 Å². The minimum atomic E-state index is -0.520. The lowest BCUT2D eigenvalue weighted by Gasteiger charge is -2.11. The zero-order chi connectivity index (χ0) is 8.97. The van der Waals surface area contributed by atoms with Gasteiger partial charge in [-0.3, -0.25) is 14.5 Å². The van der Waals surface area contributed by atoms with Gasteiger partial charge < -0.3 is 5.32 Å². The molecular formula is C8H14N2O2. The van der Waals surface area contributed by atoms with Crippen molar-refractivity contribution in [2.24, 2.45) is 0 Å². The normalized spacial score (nSPS) is 18.4. The van der Waals surface area contributed by atoms with E-state index in [0.29, 0.717) is 18.9 Å². The molecule has 1 heterocycles. The fourth-order valence-electron chi connectivity index (χ4n) is 1.13. The zero-order valence-corrected chi connectivity index (χ0v) is 7.25. The van der Waals surface area contributed by atoms with Crippen molar-refractivity contribution in [2.75, 3.05) is 19.6 Å². The minimum absolute atomic E-state index is 0.308. The van der Waals surface area contributed by atoms with Crippen molar-refractivity contribution in [3.05, 3.63) is 0 Å². The van der Waals surface area contributed by atoms with Crippen molar-refractivity contribution in [2.45, 2.75) is 19.4 Å². The van der Waals surface area contributed by atoms with Gasteiger partial charge >= 0.3 is 0 Å². The first-order valence-electron chi connectivity index (χ1n) is 4.21. The molecule has 0 spiro atoms. The molecule has 0 radical (unpaired) electrons. The number of carbonyl (C=O) groups is 2. The van der Waals surface area contributed by atoms with Crippen LogP contribution in [0, 0.1) is 0 Å². The van der Waals surface area contributed by atoms with Crippen LogP contribution in [0.5, 0.6) is 0 Å². The average molecular weight is 170 g/mol. The molecule has 68 valence electrons. The van der Waals surface area contributed by atoms with E-state index in [9.17, 15) is 9.59 Å².